The van der Waals surface area contributed by atoms with Crippen molar-refractivity contribution < 1.29 is 14.3 Å². The highest BCUT2D eigenvalue weighted by atomic mass is 35.5. The zero-order valence-corrected chi connectivity index (χ0v) is 18.3. The molecule has 0 fully saturated rings. The summed E-state index contributed by atoms with van der Waals surface area (Å²) in [5.41, 5.74) is 3.90. The number of para-hydroxylation sites is 1. The first kappa shape index (κ1) is 21.6. The van der Waals surface area contributed by atoms with Gasteiger partial charge in [0.25, 0.3) is 5.91 Å². The first-order valence-electron chi connectivity index (χ1n) is 10.3. The molecule has 6 nitrogen and oxygen atoms in total. The Balaban J connectivity index is 1.49. The highest BCUT2D eigenvalue weighted by molar-refractivity contribution is 6.30. The van der Waals surface area contributed by atoms with E-state index in [0.29, 0.717) is 35.1 Å². The number of amides is 1. The topological polar surface area (TPSA) is 73.2 Å². The average Bonchev–Trinajstić information content (AvgIpc) is 3.13. The quantitative estimate of drug-likeness (QED) is 0.400. The van der Waals surface area contributed by atoms with Gasteiger partial charge in [0.15, 0.2) is 0 Å². The molecule has 0 radical (unpaired) electrons. The molecule has 7 heteroatoms. The third-order valence-corrected chi connectivity index (χ3v) is 5.25. The van der Waals surface area contributed by atoms with Crippen LogP contribution < -0.4 is 5.32 Å². The minimum Gasteiger partial charge on any atom is -0.466 e. The van der Waals surface area contributed by atoms with E-state index in [1.54, 1.807) is 31.2 Å². The Kier molecular flexibility index (Phi) is 6.52. The fourth-order valence-electron chi connectivity index (χ4n) is 3.47. The Morgan fingerprint density at radius 2 is 1.72 bits per heavy atom. The number of hydrogen-bond donors (Lipinski definition) is 1. The molecule has 0 aliphatic heterocycles. The number of nitrogens with zero attached hydrogens (tertiary/aromatic N) is 2. The van der Waals surface area contributed by atoms with Gasteiger partial charge in [0.2, 0.25) is 0 Å². The Bertz CT molecular complexity index is 1250. The molecule has 0 atom stereocenters. The van der Waals surface area contributed by atoms with Crippen LogP contribution in [0, 0.1) is 0 Å². The number of anilines is 1. The second kappa shape index (κ2) is 9.66. The predicted molar refractivity (Wildman–Crippen MR) is 125 cm³/mol. The first-order valence-corrected chi connectivity index (χ1v) is 10.7. The van der Waals surface area contributed by atoms with Crippen LogP contribution in [0.1, 0.15) is 28.5 Å². The first-order chi connectivity index (χ1) is 15.5. The standard InChI is InChI=1S/C25H22ClN3O3/c1-2-32-24(30)15-22-21-5-3-4-6-23(21)29(28-22)16-17-7-13-20(14-8-17)27-25(31)18-9-11-19(26)12-10-18/h3-14H,2,15-16H2,1H3,(H,27,31). The molecule has 0 aliphatic carbocycles. The van der Waals surface area contributed by atoms with Crippen LogP contribution in [0.5, 0.6) is 0 Å². The number of benzene rings is 3. The summed E-state index contributed by atoms with van der Waals surface area (Å²) in [6, 6.07) is 22.2. The summed E-state index contributed by atoms with van der Waals surface area (Å²) in [5, 5.41) is 9.06. The molecular formula is C25H22ClN3O3. The van der Waals surface area contributed by atoms with Gasteiger partial charge in [-0.05, 0) is 55.0 Å². The van der Waals surface area contributed by atoms with Crippen molar-refractivity contribution in [3.63, 3.8) is 0 Å². The van der Waals surface area contributed by atoms with Crippen LogP contribution in [0.25, 0.3) is 10.9 Å². The lowest BCUT2D eigenvalue weighted by Gasteiger charge is -2.08. The molecule has 1 aromatic heterocycles. The van der Waals surface area contributed by atoms with Crippen molar-refractivity contribution in [3.05, 3.63) is 94.6 Å². The van der Waals surface area contributed by atoms with E-state index in [1.807, 2.05) is 53.2 Å². The third-order valence-electron chi connectivity index (χ3n) is 5.00. The maximum absolute atomic E-state index is 12.4. The van der Waals surface area contributed by atoms with E-state index in [2.05, 4.69) is 10.4 Å². The number of carbonyl (C=O) groups is 2. The van der Waals surface area contributed by atoms with Crippen LogP contribution in [0.15, 0.2) is 72.8 Å². The van der Waals surface area contributed by atoms with Crippen molar-refractivity contribution in [2.24, 2.45) is 0 Å². The van der Waals surface area contributed by atoms with Crippen LogP contribution in [0.2, 0.25) is 5.02 Å². The number of halogens is 1. The summed E-state index contributed by atoms with van der Waals surface area (Å²) in [7, 11) is 0. The van der Waals surface area contributed by atoms with E-state index in [1.165, 1.54) is 0 Å². The molecule has 32 heavy (non-hydrogen) atoms. The fraction of sp³-hybridized carbons (Fsp3) is 0.160. The van der Waals surface area contributed by atoms with E-state index in [0.717, 1.165) is 16.5 Å². The summed E-state index contributed by atoms with van der Waals surface area (Å²) in [4.78, 5) is 24.3. The highest BCUT2D eigenvalue weighted by Gasteiger charge is 2.14. The van der Waals surface area contributed by atoms with Crippen molar-refractivity contribution in [2.75, 3.05) is 11.9 Å². The normalized spacial score (nSPS) is 10.8. The Morgan fingerprint density at radius 3 is 2.44 bits per heavy atom. The van der Waals surface area contributed by atoms with Crippen molar-refractivity contribution in [1.82, 2.24) is 9.78 Å². The van der Waals surface area contributed by atoms with Gasteiger partial charge < -0.3 is 10.1 Å². The maximum atomic E-state index is 12.4. The van der Waals surface area contributed by atoms with E-state index in [-0.39, 0.29) is 18.3 Å². The van der Waals surface area contributed by atoms with E-state index >= 15 is 0 Å². The molecule has 162 valence electrons. The molecule has 4 rings (SSSR count). The van der Waals surface area contributed by atoms with Crippen molar-refractivity contribution in [1.29, 1.82) is 0 Å². The van der Waals surface area contributed by atoms with Crippen LogP contribution in [0.4, 0.5) is 5.69 Å². The van der Waals surface area contributed by atoms with Gasteiger partial charge in [-0.3, -0.25) is 14.3 Å². The minimum atomic E-state index is -0.288. The molecule has 0 bridgehead atoms. The lowest BCUT2D eigenvalue weighted by atomic mass is 10.1. The van der Waals surface area contributed by atoms with Crippen molar-refractivity contribution in [2.45, 2.75) is 19.9 Å². The second-order valence-corrected chi connectivity index (χ2v) is 7.70. The minimum absolute atomic E-state index is 0.136. The molecule has 1 heterocycles. The highest BCUT2D eigenvalue weighted by Crippen LogP contribution is 2.21. The maximum Gasteiger partial charge on any atom is 0.311 e. The van der Waals surface area contributed by atoms with E-state index < -0.39 is 0 Å². The average molecular weight is 448 g/mol. The van der Waals surface area contributed by atoms with Gasteiger partial charge in [-0.1, -0.05) is 41.9 Å². The Morgan fingerprint density at radius 1 is 1.00 bits per heavy atom. The molecule has 4 aromatic rings. The van der Waals surface area contributed by atoms with E-state index in [9.17, 15) is 9.59 Å². The molecule has 0 unspecified atom stereocenters. The van der Waals surface area contributed by atoms with Crippen molar-refractivity contribution in [3.8, 4) is 0 Å². The number of ether oxygens (including phenoxy) is 1. The van der Waals surface area contributed by atoms with Crippen LogP contribution in [-0.4, -0.2) is 28.3 Å². The van der Waals surface area contributed by atoms with Gasteiger partial charge >= 0.3 is 5.97 Å². The lowest BCUT2D eigenvalue weighted by Crippen LogP contribution is -2.11. The van der Waals surface area contributed by atoms with Crippen LogP contribution in [0.3, 0.4) is 0 Å². The largest absolute Gasteiger partial charge is 0.466 e. The SMILES string of the molecule is CCOC(=O)Cc1nn(Cc2ccc(NC(=O)c3ccc(Cl)cc3)cc2)c2ccccc12. The van der Waals surface area contributed by atoms with Gasteiger partial charge in [0.1, 0.15) is 0 Å². The fourth-order valence-corrected chi connectivity index (χ4v) is 3.59. The summed E-state index contributed by atoms with van der Waals surface area (Å²) < 4.78 is 6.96. The summed E-state index contributed by atoms with van der Waals surface area (Å²) in [5.74, 6) is -0.486. The molecule has 0 saturated carbocycles. The van der Waals surface area contributed by atoms with Gasteiger partial charge in [-0.25, -0.2) is 0 Å². The number of esters is 1. The van der Waals surface area contributed by atoms with Crippen LogP contribution in [-0.2, 0) is 22.5 Å². The zero-order chi connectivity index (χ0) is 22.5. The Labute approximate surface area is 190 Å². The molecule has 0 spiro atoms. The Hall–Kier alpha value is -3.64. The summed E-state index contributed by atoms with van der Waals surface area (Å²) in [6.07, 6.45) is 0.136. The number of carbonyl (C=O) groups excluding carboxylic acids is 2. The number of rotatable bonds is 7. The molecule has 3 aromatic carbocycles. The monoisotopic (exact) mass is 447 g/mol. The molecule has 1 amide bonds. The number of nitrogens with one attached hydrogen (secondary N) is 1. The summed E-state index contributed by atoms with van der Waals surface area (Å²) >= 11 is 5.88. The number of hydrogen-bond acceptors (Lipinski definition) is 4. The lowest BCUT2D eigenvalue weighted by molar-refractivity contribution is -0.142. The third kappa shape index (κ3) is 4.98. The van der Waals surface area contributed by atoms with E-state index in [4.69, 9.17) is 16.3 Å². The van der Waals surface area contributed by atoms with Gasteiger partial charge in [0.05, 0.1) is 30.8 Å². The van der Waals surface area contributed by atoms with Gasteiger partial charge in [-0.15, -0.1) is 0 Å². The molecule has 1 N–H and O–H groups in total. The predicted octanol–water partition coefficient (Wildman–Crippen LogP) is 5.10. The number of aromatic nitrogens is 2. The number of fused-ring (bicyclic) bond motifs is 1. The summed E-state index contributed by atoms with van der Waals surface area (Å²) in [6.45, 7) is 2.67. The van der Waals surface area contributed by atoms with Crippen LogP contribution >= 0.6 is 11.6 Å². The molecular weight excluding hydrogens is 426 g/mol. The molecule has 0 saturated heterocycles. The smallest absolute Gasteiger partial charge is 0.311 e. The van der Waals surface area contributed by atoms with Gasteiger partial charge in [-0.2, -0.15) is 5.10 Å². The second-order valence-electron chi connectivity index (χ2n) is 7.26. The van der Waals surface area contributed by atoms with Crippen molar-refractivity contribution >= 4 is 40.1 Å². The zero-order valence-electron chi connectivity index (χ0n) is 17.5. The van der Waals surface area contributed by atoms with Gasteiger partial charge in [0, 0.05) is 21.7 Å². The molecule has 0 aliphatic rings.